The maximum atomic E-state index is 12.1. The van der Waals surface area contributed by atoms with Crippen LogP contribution in [-0.4, -0.2) is 24.5 Å². The lowest BCUT2D eigenvalue weighted by atomic mass is 10.2. The van der Waals surface area contributed by atoms with Crippen molar-refractivity contribution in [1.82, 2.24) is 9.71 Å². The molecule has 0 aliphatic carbocycles. The Morgan fingerprint density at radius 1 is 1.48 bits per heavy atom. The molecule has 0 aliphatic heterocycles. The number of carbonyl (C=O) groups is 1. The predicted octanol–water partition coefficient (Wildman–Crippen LogP) is 2.74. The van der Waals surface area contributed by atoms with Gasteiger partial charge in [-0.05, 0) is 34.1 Å². The highest BCUT2D eigenvalue weighted by atomic mass is 79.9. The van der Waals surface area contributed by atoms with Gasteiger partial charge in [0.05, 0.1) is 26.6 Å². The Morgan fingerprint density at radius 2 is 2.19 bits per heavy atom. The van der Waals surface area contributed by atoms with E-state index < -0.39 is 16.0 Å². The summed E-state index contributed by atoms with van der Waals surface area (Å²) < 4.78 is 27.1. The van der Waals surface area contributed by atoms with Crippen molar-refractivity contribution in [2.75, 3.05) is 0 Å². The first-order chi connectivity index (χ1) is 9.79. The van der Waals surface area contributed by atoms with Gasteiger partial charge in [0.25, 0.3) is 0 Å². The molecule has 112 valence electrons. The first-order valence-electron chi connectivity index (χ1n) is 5.42. The molecule has 0 aliphatic rings. The zero-order chi connectivity index (χ0) is 15.6. The Morgan fingerprint density at radius 3 is 2.76 bits per heavy atom. The van der Waals surface area contributed by atoms with Crippen molar-refractivity contribution in [3.05, 3.63) is 44.5 Å². The lowest BCUT2D eigenvalue weighted by molar-refractivity contribution is 0.0696. The molecule has 2 aromatic heterocycles. The van der Waals surface area contributed by atoms with Gasteiger partial charge in [0.1, 0.15) is 4.21 Å². The van der Waals surface area contributed by atoms with Crippen LogP contribution in [-0.2, 0) is 16.6 Å². The van der Waals surface area contributed by atoms with E-state index >= 15 is 0 Å². The minimum atomic E-state index is -3.73. The average molecular weight is 412 g/mol. The van der Waals surface area contributed by atoms with Crippen molar-refractivity contribution in [3.8, 4) is 0 Å². The average Bonchev–Trinajstić information content (AvgIpc) is 2.78. The van der Waals surface area contributed by atoms with Crippen molar-refractivity contribution in [1.29, 1.82) is 0 Å². The SMILES string of the molecule is O=C(O)c1ccnc(CNS(=O)(=O)c2cc(Cl)c(Br)s2)c1. The Kier molecular flexibility index (Phi) is 4.99. The second-order valence-electron chi connectivity index (χ2n) is 3.85. The van der Waals surface area contributed by atoms with Crippen LogP contribution in [0.4, 0.5) is 0 Å². The first kappa shape index (κ1) is 16.4. The third kappa shape index (κ3) is 4.01. The van der Waals surface area contributed by atoms with Gasteiger partial charge in [-0.3, -0.25) is 4.98 Å². The van der Waals surface area contributed by atoms with E-state index in [2.05, 4.69) is 25.6 Å². The molecule has 2 rings (SSSR count). The number of carboxylic acids is 1. The molecule has 0 unspecified atom stereocenters. The van der Waals surface area contributed by atoms with Crippen molar-refractivity contribution in [3.63, 3.8) is 0 Å². The number of rotatable bonds is 5. The van der Waals surface area contributed by atoms with E-state index in [1.807, 2.05) is 0 Å². The zero-order valence-corrected chi connectivity index (χ0v) is 14.2. The molecule has 0 amide bonds. The number of nitrogens with zero attached hydrogens (tertiary/aromatic N) is 1. The summed E-state index contributed by atoms with van der Waals surface area (Å²) in [7, 11) is -3.73. The molecule has 0 radical (unpaired) electrons. The number of hydrogen-bond donors (Lipinski definition) is 2. The van der Waals surface area contributed by atoms with E-state index in [0.717, 1.165) is 11.3 Å². The van der Waals surface area contributed by atoms with Crippen molar-refractivity contribution >= 4 is 54.9 Å². The zero-order valence-electron chi connectivity index (χ0n) is 10.2. The highest BCUT2D eigenvalue weighted by Crippen LogP contribution is 2.34. The molecule has 21 heavy (non-hydrogen) atoms. The molecule has 0 saturated carbocycles. The van der Waals surface area contributed by atoms with E-state index in [-0.39, 0.29) is 16.3 Å². The summed E-state index contributed by atoms with van der Waals surface area (Å²) in [5.74, 6) is -1.10. The van der Waals surface area contributed by atoms with E-state index in [1.54, 1.807) is 0 Å². The second kappa shape index (κ2) is 6.41. The van der Waals surface area contributed by atoms with Gasteiger partial charge in [-0.2, -0.15) is 0 Å². The molecular weight excluding hydrogens is 404 g/mol. The van der Waals surface area contributed by atoms with Crippen LogP contribution < -0.4 is 4.72 Å². The molecule has 10 heteroatoms. The lowest BCUT2D eigenvalue weighted by Crippen LogP contribution is -2.23. The fourth-order valence-electron chi connectivity index (χ4n) is 1.41. The summed E-state index contributed by atoms with van der Waals surface area (Å²) in [4.78, 5) is 14.8. The van der Waals surface area contributed by atoms with E-state index in [4.69, 9.17) is 16.7 Å². The molecule has 0 aromatic carbocycles. The molecule has 0 bridgehead atoms. The molecule has 2 heterocycles. The van der Waals surface area contributed by atoms with Crippen LogP contribution in [0.2, 0.25) is 5.02 Å². The maximum absolute atomic E-state index is 12.1. The summed E-state index contributed by atoms with van der Waals surface area (Å²) in [6.07, 6.45) is 1.31. The number of carboxylic acid groups (broad SMARTS) is 1. The largest absolute Gasteiger partial charge is 0.478 e. The molecule has 0 saturated heterocycles. The second-order valence-corrected chi connectivity index (χ2v) is 8.62. The number of thiophene rings is 1. The van der Waals surface area contributed by atoms with Crippen LogP contribution >= 0.6 is 38.9 Å². The molecule has 2 aromatic rings. The number of sulfonamides is 1. The normalized spacial score (nSPS) is 11.5. The summed E-state index contributed by atoms with van der Waals surface area (Å²) >= 11 is 9.93. The third-order valence-corrected chi connectivity index (χ3v) is 6.74. The highest BCUT2D eigenvalue weighted by Gasteiger charge is 2.19. The van der Waals surface area contributed by atoms with Crippen LogP contribution in [0.25, 0.3) is 0 Å². The van der Waals surface area contributed by atoms with Crippen LogP contribution in [0, 0.1) is 0 Å². The van der Waals surface area contributed by atoms with Crippen molar-refractivity contribution < 1.29 is 18.3 Å². The molecule has 2 N–H and O–H groups in total. The number of nitrogens with one attached hydrogen (secondary N) is 1. The fraction of sp³-hybridized carbons (Fsp3) is 0.0909. The monoisotopic (exact) mass is 410 g/mol. The molecule has 0 fully saturated rings. The van der Waals surface area contributed by atoms with Gasteiger partial charge < -0.3 is 5.11 Å². The summed E-state index contributed by atoms with van der Waals surface area (Å²) in [6.45, 7) is -0.114. The van der Waals surface area contributed by atoms with Gasteiger partial charge >= 0.3 is 5.97 Å². The summed E-state index contributed by atoms with van der Waals surface area (Å²) in [6, 6.07) is 3.97. The number of aromatic carboxylic acids is 1. The number of halogens is 2. The Labute approximate surface area is 138 Å². The van der Waals surface area contributed by atoms with E-state index in [9.17, 15) is 13.2 Å². The van der Waals surface area contributed by atoms with Crippen molar-refractivity contribution in [2.24, 2.45) is 0 Å². The summed E-state index contributed by atoms with van der Waals surface area (Å²) in [5, 5.41) is 9.18. The van der Waals surface area contributed by atoms with Crippen LogP contribution in [0.5, 0.6) is 0 Å². The number of aromatic nitrogens is 1. The Balaban J connectivity index is 2.15. The molecular formula is C11H8BrClN2O4S2. The van der Waals surface area contributed by atoms with Gasteiger partial charge in [0, 0.05) is 6.20 Å². The summed E-state index contributed by atoms with van der Waals surface area (Å²) in [5.41, 5.74) is 0.348. The number of hydrogen-bond acceptors (Lipinski definition) is 5. The smallest absolute Gasteiger partial charge is 0.335 e. The van der Waals surface area contributed by atoms with Crippen LogP contribution in [0.15, 0.2) is 32.4 Å². The van der Waals surface area contributed by atoms with Gasteiger partial charge in [0.2, 0.25) is 10.0 Å². The topological polar surface area (TPSA) is 96.4 Å². The van der Waals surface area contributed by atoms with E-state index in [0.29, 0.717) is 14.5 Å². The van der Waals surface area contributed by atoms with Gasteiger partial charge in [0.15, 0.2) is 0 Å². The minimum Gasteiger partial charge on any atom is -0.478 e. The maximum Gasteiger partial charge on any atom is 0.335 e. The first-order valence-corrected chi connectivity index (χ1v) is 8.89. The molecule has 6 nitrogen and oxygen atoms in total. The minimum absolute atomic E-state index is 0.0427. The van der Waals surface area contributed by atoms with Gasteiger partial charge in [-0.1, -0.05) is 11.6 Å². The van der Waals surface area contributed by atoms with Crippen LogP contribution in [0.1, 0.15) is 16.1 Å². The third-order valence-electron chi connectivity index (χ3n) is 2.39. The quantitative estimate of drug-likeness (QED) is 0.788. The predicted molar refractivity (Wildman–Crippen MR) is 82.3 cm³/mol. The van der Waals surface area contributed by atoms with Gasteiger partial charge in [-0.15, -0.1) is 11.3 Å². The van der Waals surface area contributed by atoms with Crippen molar-refractivity contribution in [2.45, 2.75) is 10.8 Å². The lowest BCUT2D eigenvalue weighted by Gasteiger charge is -2.04. The molecule has 0 atom stereocenters. The van der Waals surface area contributed by atoms with E-state index in [1.165, 1.54) is 24.4 Å². The Bertz CT molecular complexity index is 772. The number of pyridine rings is 1. The van der Waals surface area contributed by atoms with Crippen LogP contribution in [0.3, 0.4) is 0 Å². The fourth-order valence-corrected chi connectivity index (χ4v) is 4.85. The van der Waals surface area contributed by atoms with Gasteiger partial charge in [-0.25, -0.2) is 17.9 Å². The Hall–Kier alpha value is -1.000. The molecule has 0 spiro atoms. The highest BCUT2D eigenvalue weighted by molar-refractivity contribution is 9.11. The standard InChI is InChI=1S/C11H8BrClN2O4S2/c12-10-8(13)4-9(20-10)21(18,19)15-5-7-3-6(11(16)17)1-2-14-7/h1-4,15H,5H2,(H,16,17).